The van der Waals surface area contributed by atoms with E-state index in [0.29, 0.717) is 21.2 Å². The fourth-order valence-corrected chi connectivity index (χ4v) is 1.84. The van der Waals surface area contributed by atoms with E-state index in [0.717, 1.165) is 12.1 Å². The molecular weight excluding hydrogens is 263 g/mol. The van der Waals surface area contributed by atoms with Gasteiger partial charge in [0.15, 0.2) is 5.11 Å². The van der Waals surface area contributed by atoms with Crippen molar-refractivity contribution < 1.29 is 0 Å². The van der Waals surface area contributed by atoms with Crippen LogP contribution >= 0.6 is 35.4 Å². The molecule has 1 rings (SSSR count). The van der Waals surface area contributed by atoms with Gasteiger partial charge in [-0.15, -0.1) is 0 Å². The Labute approximate surface area is 111 Å². The Balaban J connectivity index is 2.63. The van der Waals surface area contributed by atoms with Gasteiger partial charge < -0.3 is 10.6 Å². The van der Waals surface area contributed by atoms with Gasteiger partial charge in [-0.3, -0.25) is 0 Å². The van der Waals surface area contributed by atoms with Crippen LogP contribution in [-0.2, 0) is 0 Å². The lowest BCUT2D eigenvalue weighted by atomic mass is 10.3. The molecule has 0 amide bonds. The van der Waals surface area contributed by atoms with Crippen LogP contribution < -0.4 is 10.6 Å². The van der Waals surface area contributed by atoms with E-state index in [1.165, 1.54) is 0 Å². The smallest absolute Gasteiger partial charge is 0.171 e. The summed E-state index contributed by atoms with van der Waals surface area (Å²) >= 11 is 17.0. The molecule has 0 spiro atoms. The normalized spacial score (nSPS) is 12.0. The van der Waals surface area contributed by atoms with E-state index in [9.17, 15) is 0 Å². The lowest BCUT2D eigenvalue weighted by Gasteiger charge is -2.16. The van der Waals surface area contributed by atoms with Crippen molar-refractivity contribution in [2.75, 3.05) is 5.32 Å². The monoisotopic (exact) mass is 276 g/mol. The third kappa shape index (κ3) is 4.16. The van der Waals surface area contributed by atoms with Crippen molar-refractivity contribution in [2.45, 2.75) is 26.3 Å². The maximum atomic E-state index is 6.01. The highest BCUT2D eigenvalue weighted by Crippen LogP contribution is 2.25. The van der Waals surface area contributed by atoms with Crippen LogP contribution in [0.15, 0.2) is 18.2 Å². The van der Waals surface area contributed by atoms with Crippen LogP contribution in [0.2, 0.25) is 10.0 Å². The summed E-state index contributed by atoms with van der Waals surface area (Å²) in [5, 5.41) is 7.91. The zero-order valence-corrected chi connectivity index (χ0v) is 11.5. The maximum Gasteiger partial charge on any atom is 0.171 e. The zero-order valence-electron chi connectivity index (χ0n) is 9.18. The number of anilines is 1. The summed E-state index contributed by atoms with van der Waals surface area (Å²) in [6, 6.07) is 5.58. The summed E-state index contributed by atoms with van der Waals surface area (Å²) in [6.45, 7) is 4.16. The molecule has 5 heteroatoms. The highest BCUT2D eigenvalue weighted by molar-refractivity contribution is 7.80. The molecule has 2 N–H and O–H groups in total. The first kappa shape index (κ1) is 13.6. The first-order valence-electron chi connectivity index (χ1n) is 5.05. The molecule has 1 atom stereocenters. The van der Waals surface area contributed by atoms with Crippen molar-refractivity contribution >= 4 is 46.2 Å². The van der Waals surface area contributed by atoms with Gasteiger partial charge in [-0.2, -0.15) is 0 Å². The van der Waals surface area contributed by atoms with E-state index in [4.69, 9.17) is 35.4 Å². The van der Waals surface area contributed by atoms with E-state index in [1.54, 1.807) is 18.2 Å². The molecule has 0 aliphatic heterocycles. The third-order valence-corrected chi connectivity index (χ3v) is 2.94. The molecule has 0 aliphatic rings. The van der Waals surface area contributed by atoms with E-state index in [-0.39, 0.29) is 0 Å². The number of hydrogen-bond donors (Lipinski definition) is 2. The SMILES string of the molecule is CCC(C)NC(=S)Nc1ccc(Cl)cc1Cl. The second-order valence-electron chi connectivity index (χ2n) is 3.53. The van der Waals surface area contributed by atoms with Crippen LogP contribution in [0.1, 0.15) is 20.3 Å². The van der Waals surface area contributed by atoms with Gasteiger partial charge in [0.05, 0.1) is 10.7 Å². The molecule has 0 bridgehead atoms. The highest BCUT2D eigenvalue weighted by atomic mass is 35.5. The van der Waals surface area contributed by atoms with Gasteiger partial charge in [0, 0.05) is 11.1 Å². The molecule has 88 valence electrons. The Bertz CT molecular complexity index is 382. The average Bonchev–Trinajstić information content (AvgIpc) is 2.22. The zero-order chi connectivity index (χ0) is 12.1. The fourth-order valence-electron chi connectivity index (χ4n) is 1.08. The van der Waals surface area contributed by atoms with Gasteiger partial charge in [0.1, 0.15) is 0 Å². The Hall–Kier alpha value is -0.510. The van der Waals surface area contributed by atoms with Gasteiger partial charge in [-0.25, -0.2) is 0 Å². The van der Waals surface area contributed by atoms with Gasteiger partial charge in [-0.05, 0) is 43.8 Å². The Morgan fingerprint density at radius 1 is 1.44 bits per heavy atom. The Morgan fingerprint density at radius 2 is 2.12 bits per heavy atom. The van der Waals surface area contributed by atoms with Gasteiger partial charge in [0.2, 0.25) is 0 Å². The summed E-state index contributed by atoms with van der Waals surface area (Å²) in [7, 11) is 0. The highest BCUT2D eigenvalue weighted by Gasteiger charge is 2.05. The standard InChI is InChI=1S/C11H14Cl2N2S/c1-3-7(2)14-11(16)15-10-5-4-8(12)6-9(10)13/h4-7H,3H2,1-2H3,(H2,14,15,16). The number of hydrogen-bond acceptors (Lipinski definition) is 1. The van der Waals surface area contributed by atoms with Crippen LogP contribution in [0.5, 0.6) is 0 Å². The minimum atomic E-state index is 0.339. The molecule has 1 unspecified atom stereocenters. The summed E-state index contributed by atoms with van der Waals surface area (Å²) < 4.78 is 0. The molecule has 1 aromatic carbocycles. The third-order valence-electron chi connectivity index (χ3n) is 2.17. The molecule has 0 saturated carbocycles. The predicted octanol–water partition coefficient (Wildman–Crippen LogP) is 4.08. The van der Waals surface area contributed by atoms with E-state index in [2.05, 4.69) is 24.5 Å². The maximum absolute atomic E-state index is 6.01. The summed E-state index contributed by atoms with van der Waals surface area (Å²) in [4.78, 5) is 0. The van der Waals surface area contributed by atoms with E-state index < -0.39 is 0 Å². The van der Waals surface area contributed by atoms with Crippen molar-refractivity contribution in [2.24, 2.45) is 0 Å². The van der Waals surface area contributed by atoms with Crippen LogP contribution in [0, 0.1) is 0 Å². The van der Waals surface area contributed by atoms with Crippen molar-refractivity contribution in [1.29, 1.82) is 0 Å². The number of halogens is 2. The van der Waals surface area contributed by atoms with Crippen LogP contribution in [0.4, 0.5) is 5.69 Å². The minimum absolute atomic E-state index is 0.339. The lowest BCUT2D eigenvalue weighted by Crippen LogP contribution is -2.35. The second kappa shape index (κ2) is 6.28. The number of rotatable bonds is 3. The van der Waals surface area contributed by atoms with Crippen molar-refractivity contribution in [3.05, 3.63) is 28.2 Å². The van der Waals surface area contributed by atoms with Gasteiger partial charge >= 0.3 is 0 Å². The lowest BCUT2D eigenvalue weighted by molar-refractivity contribution is 0.646. The predicted molar refractivity (Wildman–Crippen MR) is 75.6 cm³/mol. The van der Waals surface area contributed by atoms with Crippen molar-refractivity contribution in [1.82, 2.24) is 5.32 Å². The fraction of sp³-hybridized carbons (Fsp3) is 0.364. The molecule has 0 saturated heterocycles. The molecule has 16 heavy (non-hydrogen) atoms. The summed E-state index contributed by atoms with van der Waals surface area (Å²) in [5.41, 5.74) is 0.756. The first-order chi connectivity index (χ1) is 7.52. The summed E-state index contributed by atoms with van der Waals surface area (Å²) in [6.07, 6.45) is 1.01. The van der Waals surface area contributed by atoms with Crippen LogP contribution in [-0.4, -0.2) is 11.2 Å². The molecule has 2 nitrogen and oxygen atoms in total. The Morgan fingerprint density at radius 3 is 2.69 bits per heavy atom. The van der Waals surface area contributed by atoms with Crippen LogP contribution in [0.25, 0.3) is 0 Å². The molecule has 0 radical (unpaired) electrons. The van der Waals surface area contributed by atoms with E-state index in [1.807, 2.05) is 0 Å². The number of thiocarbonyl (C=S) groups is 1. The van der Waals surface area contributed by atoms with Crippen molar-refractivity contribution in [3.8, 4) is 0 Å². The molecule has 0 heterocycles. The molecule has 0 aliphatic carbocycles. The molecule has 1 aromatic rings. The second-order valence-corrected chi connectivity index (χ2v) is 4.78. The van der Waals surface area contributed by atoms with Gasteiger partial charge in [0.25, 0.3) is 0 Å². The molecule has 0 aromatic heterocycles. The first-order valence-corrected chi connectivity index (χ1v) is 6.22. The largest absolute Gasteiger partial charge is 0.360 e. The molecule has 0 fully saturated rings. The Kier molecular flexibility index (Phi) is 5.32. The van der Waals surface area contributed by atoms with E-state index >= 15 is 0 Å². The average molecular weight is 277 g/mol. The minimum Gasteiger partial charge on any atom is -0.360 e. The molecular formula is C11H14Cl2N2S. The number of nitrogens with one attached hydrogen (secondary N) is 2. The van der Waals surface area contributed by atoms with Crippen LogP contribution in [0.3, 0.4) is 0 Å². The summed E-state index contributed by atoms with van der Waals surface area (Å²) in [5.74, 6) is 0. The van der Waals surface area contributed by atoms with Crippen molar-refractivity contribution in [3.63, 3.8) is 0 Å². The topological polar surface area (TPSA) is 24.1 Å². The quantitative estimate of drug-likeness (QED) is 0.814. The number of benzene rings is 1. The van der Waals surface area contributed by atoms with Gasteiger partial charge in [-0.1, -0.05) is 30.1 Å².